The molecular weight excluding hydrogens is 216 g/mol. The van der Waals surface area contributed by atoms with Gasteiger partial charge in [-0.3, -0.25) is 0 Å². The number of ether oxygens (including phenoxy) is 2. The first-order valence-corrected chi connectivity index (χ1v) is 6.22. The number of anilines is 1. The van der Waals surface area contributed by atoms with Crippen molar-refractivity contribution in [3.8, 4) is 5.75 Å². The molecular formula is C13H18N2O2. The van der Waals surface area contributed by atoms with Crippen LogP contribution in [0.5, 0.6) is 5.75 Å². The van der Waals surface area contributed by atoms with E-state index in [9.17, 15) is 0 Å². The van der Waals surface area contributed by atoms with Gasteiger partial charge in [0.05, 0.1) is 13.2 Å². The van der Waals surface area contributed by atoms with Crippen molar-refractivity contribution in [2.45, 2.75) is 6.10 Å². The van der Waals surface area contributed by atoms with Crippen LogP contribution in [0.25, 0.3) is 0 Å². The predicted molar refractivity (Wildman–Crippen MR) is 66.8 cm³/mol. The Morgan fingerprint density at radius 3 is 2.41 bits per heavy atom. The van der Waals surface area contributed by atoms with Gasteiger partial charge >= 0.3 is 0 Å². The third-order valence-electron chi connectivity index (χ3n) is 3.26. The maximum absolute atomic E-state index is 5.79. The SMILES string of the molecule is c1cc(N2CCOCC2)ccc1OC1CNC1. The van der Waals surface area contributed by atoms with E-state index in [-0.39, 0.29) is 0 Å². The van der Waals surface area contributed by atoms with Gasteiger partial charge in [0.15, 0.2) is 0 Å². The molecule has 0 spiro atoms. The molecule has 2 fully saturated rings. The molecule has 1 N–H and O–H groups in total. The minimum atomic E-state index is 0.351. The molecule has 92 valence electrons. The summed E-state index contributed by atoms with van der Waals surface area (Å²) in [5.41, 5.74) is 1.26. The Kier molecular flexibility index (Phi) is 3.16. The minimum absolute atomic E-state index is 0.351. The summed E-state index contributed by atoms with van der Waals surface area (Å²) < 4.78 is 11.1. The lowest BCUT2D eigenvalue weighted by Gasteiger charge is -2.30. The zero-order chi connectivity index (χ0) is 11.5. The summed E-state index contributed by atoms with van der Waals surface area (Å²) in [6.45, 7) is 5.54. The van der Waals surface area contributed by atoms with Crippen LogP contribution in [0.15, 0.2) is 24.3 Å². The van der Waals surface area contributed by atoms with Crippen LogP contribution in [0.1, 0.15) is 0 Å². The van der Waals surface area contributed by atoms with E-state index in [1.807, 2.05) is 0 Å². The first-order chi connectivity index (χ1) is 8.42. The van der Waals surface area contributed by atoms with Gasteiger partial charge < -0.3 is 19.7 Å². The lowest BCUT2D eigenvalue weighted by Crippen LogP contribution is -2.50. The van der Waals surface area contributed by atoms with Gasteiger partial charge in [-0.05, 0) is 24.3 Å². The normalized spacial score (nSPS) is 21.1. The van der Waals surface area contributed by atoms with E-state index in [1.54, 1.807) is 0 Å². The van der Waals surface area contributed by atoms with Crippen molar-refractivity contribution in [1.29, 1.82) is 0 Å². The van der Waals surface area contributed by atoms with Crippen LogP contribution in [0.4, 0.5) is 5.69 Å². The first kappa shape index (κ1) is 10.9. The molecule has 0 saturated carbocycles. The molecule has 0 unspecified atom stereocenters. The Bertz CT molecular complexity index is 356. The highest BCUT2D eigenvalue weighted by Gasteiger charge is 2.18. The molecule has 4 heteroatoms. The summed E-state index contributed by atoms with van der Waals surface area (Å²) in [7, 11) is 0. The quantitative estimate of drug-likeness (QED) is 0.841. The topological polar surface area (TPSA) is 33.7 Å². The van der Waals surface area contributed by atoms with Gasteiger partial charge in [-0.2, -0.15) is 0 Å². The molecule has 3 rings (SSSR count). The van der Waals surface area contributed by atoms with Crippen LogP contribution in [-0.4, -0.2) is 45.5 Å². The van der Waals surface area contributed by atoms with E-state index in [1.165, 1.54) is 5.69 Å². The van der Waals surface area contributed by atoms with Gasteiger partial charge in [-0.25, -0.2) is 0 Å². The Morgan fingerprint density at radius 2 is 1.82 bits per heavy atom. The molecule has 0 aromatic heterocycles. The number of rotatable bonds is 3. The molecule has 0 amide bonds. The van der Waals surface area contributed by atoms with Crippen LogP contribution >= 0.6 is 0 Å². The summed E-state index contributed by atoms with van der Waals surface area (Å²) in [4.78, 5) is 2.35. The third kappa shape index (κ3) is 2.53. The predicted octanol–water partition coefficient (Wildman–Crippen LogP) is 0.874. The monoisotopic (exact) mass is 234 g/mol. The lowest BCUT2D eigenvalue weighted by atomic mass is 10.2. The second-order valence-corrected chi connectivity index (χ2v) is 4.49. The second kappa shape index (κ2) is 4.94. The standard InChI is InChI=1S/C13H18N2O2/c1-3-12(17-13-9-14-10-13)4-2-11(1)15-5-7-16-8-6-15/h1-4,13-14H,5-10H2. The van der Waals surface area contributed by atoms with Crippen molar-refractivity contribution in [1.82, 2.24) is 5.32 Å². The van der Waals surface area contributed by atoms with Gasteiger partial charge in [-0.15, -0.1) is 0 Å². The highest BCUT2D eigenvalue weighted by molar-refractivity contribution is 5.49. The molecule has 2 aliphatic rings. The molecule has 0 atom stereocenters. The molecule has 4 nitrogen and oxygen atoms in total. The molecule has 0 radical (unpaired) electrons. The molecule has 1 aromatic carbocycles. The van der Waals surface area contributed by atoms with E-state index >= 15 is 0 Å². The van der Waals surface area contributed by atoms with Crippen molar-refractivity contribution < 1.29 is 9.47 Å². The fraction of sp³-hybridized carbons (Fsp3) is 0.538. The molecule has 0 bridgehead atoms. The van der Waals surface area contributed by atoms with Gasteiger partial charge in [-0.1, -0.05) is 0 Å². The Hall–Kier alpha value is -1.26. The van der Waals surface area contributed by atoms with Crippen LogP contribution in [0.3, 0.4) is 0 Å². The van der Waals surface area contributed by atoms with Gasteiger partial charge in [0.25, 0.3) is 0 Å². The smallest absolute Gasteiger partial charge is 0.123 e. The fourth-order valence-electron chi connectivity index (χ4n) is 2.10. The van der Waals surface area contributed by atoms with Gasteiger partial charge in [0, 0.05) is 31.9 Å². The minimum Gasteiger partial charge on any atom is -0.488 e. The molecule has 2 saturated heterocycles. The van der Waals surface area contributed by atoms with E-state index in [0.717, 1.165) is 45.1 Å². The zero-order valence-corrected chi connectivity index (χ0v) is 9.89. The number of benzene rings is 1. The molecule has 17 heavy (non-hydrogen) atoms. The molecule has 2 aliphatic heterocycles. The third-order valence-corrected chi connectivity index (χ3v) is 3.26. The average molecular weight is 234 g/mol. The number of hydrogen-bond donors (Lipinski definition) is 1. The maximum Gasteiger partial charge on any atom is 0.123 e. The number of hydrogen-bond acceptors (Lipinski definition) is 4. The van der Waals surface area contributed by atoms with E-state index in [0.29, 0.717) is 6.10 Å². The summed E-state index contributed by atoms with van der Waals surface area (Å²) in [6, 6.07) is 8.38. The molecule has 1 aromatic rings. The number of nitrogens with one attached hydrogen (secondary N) is 1. The largest absolute Gasteiger partial charge is 0.488 e. The van der Waals surface area contributed by atoms with Crippen LogP contribution in [-0.2, 0) is 4.74 Å². The summed E-state index contributed by atoms with van der Waals surface area (Å²) in [6.07, 6.45) is 0.351. The molecule has 0 aliphatic carbocycles. The Labute approximate surface area is 102 Å². The highest BCUT2D eigenvalue weighted by Crippen LogP contribution is 2.21. The van der Waals surface area contributed by atoms with E-state index in [4.69, 9.17) is 9.47 Å². The van der Waals surface area contributed by atoms with E-state index < -0.39 is 0 Å². The second-order valence-electron chi connectivity index (χ2n) is 4.49. The van der Waals surface area contributed by atoms with Crippen LogP contribution in [0, 0.1) is 0 Å². The van der Waals surface area contributed by atoms with Crippen molar-refractivity contribution >= 4 is 5.69 Å². The first-order valence-electron chi connectivity index (χ1n) is 6.22. The number of morpholine rings is 1. The highest BCUT2D eigenvalue weighted by atomic mass is 16.5. The van der Waals surface area contributed by atoms with Crippen molar-refractivity contribution in [2.24, 2.45) is 0 Å². The Balaban J connectivity index is 1.62. The zero-order valence-electron chi connectivity index (χ0n) is 9.89. The lowest BCUT2D eigenvalue weighted by molar-refractivity contribution is 0.122. The van der Waals surface area contributed by atoms with Gasteiger partial charge in [0.1, 0.15) is 11.9 Å². The Morgan fingerprint density at radius 1 is 1.12 bits per heavy atom. The molecule has 2 heterocycles. The van der Waals surface area contributed by atoms with E-state index in [2.05, 4.69) is 34.5 Å². The summed E-state index contributed by atoms with van der Waals surface area (Å²) in [5, 5.41) is 3.20. The maximum atomic E-state index is 5.79. The van der Waals surface area contributed by atoms with Crippen LogP contribution < -0.4 is 15.0 Å². The average Bonchev–Trinajstić information content (AvgIpc) is 2.36. The van der Waals surface area contributed by atoms with Crippen molar-refractivity contribution in [3.05, 3.63) is 24.3 Å². The van der Waals surface area contributed by atoms with Crippen molar-refractivity contribution in [2.75, 3.05) is 44.3 Å². The summed E-state index contributed by atoms with van der Waals surface area (Å²) >= 11 is 0. The fourth-order valence-corrected chi connectivity index (χ4v) is 2.10. The number of nitrogens with zero attached hydrogens (tertiary/aromatic N) is 1. The summed E-state index contributed by atoms with van der Waals surface area (Å²) in [5.74, 6) is 0.966. The van der Waals surface area contributed by atoms with Crippen LogP contribution in [0.2, 0.25) is 0 Å². The van der Waals surface area contributed by atoms with Crippen molar-refractivity contribution in [3.63, 3.8) is 0 Å². The van der Waals surface area contributed by atoms with Gasteiger partial charge in [0.2, 0.25) is 0 Å².